The van der Waals surface area contributed by atoms with E-state index in [-0.39, 0.29) is 17.3 Å². The number of nitro benzene ring substituents is 1. The predicted octanol–water partition coefficient (Wildman–Crippen LogP) is 4.06. The predicted molar refractivity (Wildman–Crippen MR) is 116 cm³/mol. The van der Waals surface area contributed by atoms with Crippen molar-refractivity contribution in [3.8, 4) is 0 Å². The molecule has 0 aliphatic carbocycles. The van der Waals surface area contributed by atoms with E-state index in [1.165, 1.54) is 36.5 Å². The first-order valence-electron chi connectivity index (χ1n) is 9.69. The summed E-state index contributed by atoms with van der Waals surface area (Å²) in [6.45, 7) is -0.852. The number of hydrogen-bond donors (Lipinski definition) is 2. The number of benzene rings is 2. The maximum Gasteiger partial charge on any atom is 0.416 e. The second-order valence-corrected chi connectivity index (χ2v) is 6.86. The number of anilines is 2. The van der Waals surface area contributed by atoms with Gasteiger partial charge >= 0.3 is 12.1 Å². The molecule has 0 unspecified atom stereocenters. The summed E-state index contributed by atoms with van der Waals surface area (Å²) in [7, 11) is 0. The molecule has 0 radical (unpaired) electrons. The molecule has 180 valence electrons. The van der Waals surface area contributed by atoms with Crippen LogP contribution in [0.3, 0.4) is 0 Å². The van der Waals surface area contributed by atoms with Crippen LogP contribution in [0.15, 0.2) is 66.9 Å². The molecule has 0 spiro atoms. The number of carbonyl (C=O) groups excluding carboxylic acids is 3. The van der Waals surface area contributed by atoms with Crippen molar-refractivity contribution in [1.29, 1.82) is 0 Å². The van der Waals surface area contributed by atoms with E-state index in [4.69, 9.17) is 4.74 Å². The molecule has 0 saturated carbocycles. The Hall–Kier alpha value is -4.81. The highest BCUT2D eigenvalue weighted by Crippen LogP contribution is 2.34. The maximum atomic E-state index is 12.8. The molecule has 35 heavy (non-hydrogen) atoms. The summed E-state index contributed by atoms with van der Waals surface area (Å²) in [5.74, 6) is -2.37. The normalized spacial score (nSPS) is 10.8. The molecule has 1 aromatic heterocycles. The largest absolute Gasteiger partial charge is 0.452 e. The van der Waals surface area contributed by atoms with E-state index in [1.807, 2.05) is 5.32 Å². The number of halogens is 3. The van der Waals surface area contributed by atoms with Gasteiger partial charge in [0.05, 0.1) is 16.1 Å². The Morgan fingerprint density at radius 3 is 2.31 bits per heavy atom. The van der Waals surface area contributed by atoms with Crippen LogP contribution in [0.1, 0.15) is 26.4 Å². The lowest BCUT2D eigenvalue weighted by atomic mass is 10.1. The first-order valence-corrected chi connectivity index (χ1v) is 9.69. The van der Waals surface area contributed by atoms with Gasteiger partial charge in [0.2, 0.25) is 0 Å². The number of amides is 2. The van der Waals surface area contributed by atoms with Crippen LogP contribution >= 0.6 is 0 Å². The topological polar surface area (TPSA) is 141 Å². The number of pyridine rings is 1. The zero-order chi connectivity index (χ0) is 25.6. The molecule has 0 aliphatic heterocycles. The summed E-state index contributed by atoms with van der Waals surface area (Å²) in [6.07, 6.45) is -3.35. The molecule has 3 aromatic rings. The number of nitrogens with one attached hydrogen (secondary N) is 2. The fourth-order valence-corrected chi connectivity index (χ4v) is 2.75. The number of rotatable bonds is 7. The van der Waals surface area contributed by atoms with Crippen molar-refractivity contribution < 1.29 is 37.2 Å². The minimum atomic E-state index is -4.81. The van der Waals surface area contributed by atoms with Crippen molar-refractivity contribution in [2.24, 2.45) is 0 Å². The van der Waals surface area contributed by atoms with Crippen LogP contribution in [0.4, 0.5) is 30.2 Å². The van der Waals surface area contributed by atoms with Gasteiger partial charge in [0.1, 0.15) is 11.4 Å². The number of ether oxygens (including phenoxy) is 1. The second kappa shape index (κ2) is 10.4. The summed E-state index contributed by atoms with van der Waals surface area (Å²) >= 11 is 0. The van der Waals surface area contributed by atoms with E-state index in [2.05, 4.69) is 10.3 Å². The minimum Gasteiger partial charge on any atom is -0.452 e. The lowest BCUT2D eigenvalue weighted by Gasteiger charge is -2.10. The Kier molecular flexibility index (Phi) is 7.39. The van der Waals surface area contributed by atoms with Gasteiger partial charge in [-0.2, -0.15) is 13.2 Å². The van der Waals surface area contributed by atoms with Gasteiger partial charge in [0, 0.05) is 18.0 Å². The van der Waals surface area contributed by atoms with Crippen molar-refractivity contribution in [2.45, 2.75) is 6.18 Å². The molecular formula is C22H15F3N4O6. The number of nitro groups is 1. The molecule has 1 heterocycles. The molecule has 0 atom stereocenters. The van der Waals surface area contributed by atoms with Crippen LogP contribution in [0, 0.1) is 10.1 Å². The van der Waals surface area contributed by atoms with Gasteiger partial charge in [-0.05, 0) is 48.5 Å². The first kappa shape index (κ1) is 24.8. The van der Waals surface area contributed by atoms with E-state index in [0.29, 0.717) is 11.8 Å². The Morgan fingerprint density at radius 2 is 1.71 bits per heavy atom. The molecule has 13 heteroatoms. The lowest BCUT2D eigenvalue weighted by Crippen LogP contribution is -2.21. The van der Waals surface area contributed by atoms with E-state index >= 15 is 0 Å². The Bertz CT molecular complexity index is 1260. The first-order chi connectivity index (χ1) is 16.5. The van der Waals surface area contributed by atoms with Gasteiger partial charge < -0.3 is 15.4 Å². The quantitative estimate of drug-likeness (QED) is 0.290. The molecule has 0 aliphatic rings. The maximum absolute atomic E-state index is 12.8. The molecule has 0 bridgehead atoms. The third-order valence-electron chi connectivity index (χ3n) is 4.41. The summed E-state index contributed by atoms with van der Waals surface area (Å²) in [5.41, 5.74) is -2.12. The van der Waals surface area contributed by atoms with Crippen molar-refractivity contribution in [3.63, 3.8) is 0 Å². The van der Waals surface area contributed by atoms with Gasteiger partial charge in [-0.15, -0.1) is 0 Å². The standard InChI is InChI=1S/C22H15F3N4O6/c23-22(24,25)14-6-9-16(18(11-14)29(33)34)28-19(30)12-35-21(32)13-4-7-15(8-5-13)27-20(31)17-3-1-2-10-26-17/h1-11H,12H2,(H,27,31)(H,28,30). The minimum absolute atomic E-state index is 0.0362. The highest BCUT2D eigenvalue weighted by atomic mass is 19.4. The highest BCUT2D eigenvalue weighted by Gasteiger charge is 2.33. The zero-order valence-corrected chi connectivity index (χ0v) is 17.5. The Morgan fingerprint density at radius 1 is 1.00 bits per heavy atom. The number of nitrogens with zero attached hydrogens (tertiary/aromatic N) is 2. The van der Waals surface area contributed by atoms with Gasteiger partial charge in [0.15, 0.2) is 6.61 Å². The lowest BCUT2D eigenvalue weighted by molar-refractivity contribution is -0.384. The van der Waals surface area contributed by atoms with Crippen LogP contribution in [-0.2, 0) is 15.7 Å². The number of alkyl halides is 3. The highest BCUT2D eigenvalue weighted by molar-refractivity contribution is 6.03. The monoisotopic (exact) mass is 488 g/mol. The van der Waals surface area contributed by atoms with Gasteiger partial charge in [-0.1, -0.05) is 6.07 Å². The molecule has 2 amide bonds. The SMILES string of the molecule is O=C(COC(=O)c1ccc(NC(=O)c2ccccn2)cc1)Nc1ccc(C(F)(F)F)cc1[N+](=O)[O-]. The summed E-state index contributed by atoms with van der Waals surface area (Å²) in [5, 5.41) is 15.7. The average Bonchev–Trinajstić information content (AvgIpc) is 2.83. The summed E-state index contributed by atoms with van der Waals surface area (Å²) in [6, 6.07) is 11.9. The molecule has 0 fully saturated rings. The van der Waals surface area contributed by atoms with E-state index in [0.717, 1.165) is 6.07 Å². The van der Waals surface area contributed by atoms with E-state index in [1.54, 1.807) is 12.1 Å². The summed E-state index contributed by atoms with van der Waals surface area (Å²) in [4.78, 5) is 50.2. The van der Waals surface area contributed by atoms with E-state index in [9.17, 15) is 37.7 Å². The molecule has 2 N–H and O–H groups in total. The van der Waals surface area contributed by atoms with Crippen molar-refractivity contribution in [1.82, 2.24) is 4.98 Å². The number of esters is 1. The number of carbonyl (C=O) groups is 3. The van der Waals surface area contributed by atoms with Crippen LogP contribution in [0.2, 0.25) is 0 Å². The van der Waals surface area contributed by atoms with Crippen molar-refractivity contribution in [3.05, 3.63) is 93.8 Å². The van der Waals surface area contributed by atoms with Crippen LogP contribution in [0.25, 0.3) is 0 Å². The molecule has 2 aromatic carbocycles. The number of hydrogen-bond acceptors (Lipinski definition) is 7. The third-order valence-corrected chi connectivity index (χ3v) is 4.41. The van der Waals surface area contributed by atoms with Gasteiger partial charge in [0.25, 0.3) is 17.5 Å². The molecule has 0 saturated heterocycles. The molecular weight excluding hydrogens is 473 g/mol. The zero-order valence-electron chi connectivity index (χ0n) is 17.5. The van der Waals surface area contributed by atoms with E-state index < -0.39 is 52.4 Å². The Labute approximate surface area is 194 Å². The van der Waals surface area contributed by atoms with Crippen molar-refractivity contribution in [2.75, 3.05) is 17.2 Å². The fraction of sp³-hybridized carbons (Fsp3) is 0.0909. The van der Waals surface area contributed by atoms with Gasteiger partial charge in [-0.25, -0.2) is 4.79 Å². The second-order valence-electron chi connectivity index (χ2n) is 6.86. The molecule has 3 rings (SSSR count). The number of aromatic nitrogens is 1. The Balaban J connectivity index is 1.57. The molecule has 10 nitrogen and oxygen atoms in total. The smallest absolute Gasteiger partial charge is 0.416 e. The average molecular weight is 488 g/mol. The summed E-state index contributed by atoms with van der Waals surface area (Å²) < 4.78 is 43.1. The van der Waals surface area contributed by atoms with Crippen LogP contribution in [-0.4, -0.2) is 34.3 Å². The fourth-order valence-electron chi connectivity index (χ4n) is 2.75. The van der Waals surface area contributed by atoms with Crippen molar-refractivity contribution >= 4 is 34.8 Å². The van der Waals surface area contributed by atoms with Gasteiger partial charge in [-0.3, -0.25) is 24.7 Å². The van der Waals surface area contributed by atoms with Crippen LogP contribution < -0.4 is 10.6 Å². The third kappa shape index (κ3) is 6.60. The van der Waals surface area contributed by atoms with Crippen LogP contribution in [0.5, 0.6) is 0 Å².